The minimum absolute atomic E-state index is 0.385. The molecule has 0 radical (unpaired) electrons. The van der Waals surface area contributed by atoms with Gasteiger partial charge in [-0.3, -0.25) is 0 Å². The van der Waals surface area contributed by atoms with E-state index in [0.29, 0.717) is 17.3 Å². The summed E-state index contributed by atoms with van der Waals surface area (Å²) in [4.78, 5) is 0. The van der Waals surface area contributed by atoms with Gasteiger partial charge in [0.25, 0.3) is 0 Å². The van der Waals surface area contributed by atoms with Gasteiger partial charge in [0.05, 0.1) is 0 Å². The number of anilines is 1. The SMILES string of the molecule is Cc1ccccc1OCc1c(N)cccc1Cl. The number of para-hydroxylation sites is 1. The van der Waals surface area contributed by atoms with Crippen molar-refractivity contribution in [1.29, 1.82) is 0 Å². The van der Waals surface area contributed by atoms with Crippen LogP contribution in [-0.4, -0.2) is 0 Å². The molecule has 0 bridgehead atoms. The molecule has 88 valence electrons. The first-order valence-electron chi connectivity index (χ1n) is 5.40. The monoisotopic (exact) mass is 247 g/mol. The van der Waals surface area contributed by atoms with Gasteiger partial charge in [-0.1, -0.05) is 35.9 Å². The quantitative estimate of drug-likeness (QED) is 0.837. The molecule has 2 rings (SSSR count). The molecule has 0 amide bonds. The van der Waals surface area contributed by atoms with Crippen LogP contribution in [0.15, 0.2) is 42.5 Å². The summed E-state index contributed by atoms with van der Waals surface area (Å²) < 4.78 is 5.72. The third-order valence-corrected chi connectivity index (χ3v) is 2.97. The first-order chi connectivity index (χ1) is 8.18. The van der Waals surface area contributed by atoms with Crippen molar-refractivity contribution in [2.75, 3.05) is 5.73 Å². The minimum Gasteiger partial charge on any atom is -0.489 e. The number of nitrogens with two attached hydrogens (primary N) is 1. The van der Waals surface area contributed by atoms with Gasteiger partial charge in [0.2, 0.25) is 0 Å². The number of ether oxygens (including phenoxy) is 1. The van der Waals surface area contributed by atoms with Crippen LogP contribution >= 0.6 is 11.6 Å². The fourth-order valence-corrected chi connectivity index (χ4v) is 1.83. The summed E-state index contributed by atoms with van der Waals surface area (Å²) in [6.45, 7) is 2.39. The van der Waals surface area contributed by atoms with Gasteiger partial charge in [0.1, 0.15) is 12.4 Å². The van der Waals surface area contributed by atoms with Crippen molar-refractivity contribution in [2.24, 2.45) is 0 Å². The summed E-state index contributed by atoms with van der Waals surface area (Å²) in [5.74, 6) is 0.854. The van der Waals surface area contributed by atoms with Crippen LogP contribution in [0.1, 0.15) is 11.1 Å². The molecular formula is C14H14ClNO. The molecule has 2 aromatic carbocycles. The molecule has 0 aliphatic carbocycles. The second-order valence-corrected chi connectivity index (χ2v) is 4.27. The van der Waals surface area contributed by atoms with Gasteiger partial charge in [-0.05, 0) is 30.7 Å². The summed E-state index contributed by atoms with van der Waals surface area (Å²) in [5.41, 5.74) is 8.44. The van der Waals surface area contributed by atoms with Crippen molar-refractivity contribution in [3.63, 3.8) is 0 Å². The molecule has 2 N–H and O–H groups in total. The van der Waals surface area contributed by atoms with E-state index in [2.05, 4.69) is 0 Å². The number of aryl methyl sites for hydroxylation is 1. The normalized spacial score (nSPS) is 10.2. The number of nitrogen functional groups attached to an aromatic ring is 1. The fourth-order valence-electron chi connectivity index (χ4n) is 1.60. The molecular weight excluding hydrogens is 234 g/mol. The Morgan fingerprint density at radius 2 is 1.88 bits per heavy atom. The van der Waals surface area contributed by atoms with E-state index in [9.17, 15) is 0 Å². The van der Waals surface area contributed by atoms with E-state index in [-0.39, 0.29) is 0 Å². The van der Waals surface area contributed by atoms with Crippen LogP contribution in [0.3, 0.4) is 0 Å². The Balaban J connectivity index is 2.16. The second-order valence-electron chi connectivity index (χ2n) is 3.86. The predicted octanol–water partition coefficient (Wildman–Crippen LogP) is 3.81. The van der Waals surface area contributed by atoms with E-state index in [1.807, 2.05) is 49.4 Å². The lowest BCUT2D eigenvalue weighted by Gasteiger charge is -2.11. The van der Waals surface area contributed by atoms with Crippen molar-refractivity contribution in [3.8, 4) is 5.75 Å². The van der Waals surface area contributed by atoms with Gasteiger partial charge in [-0.2, -0.15) is 0 Å². The molecule has 0 aliphatic rings. The Morgan fingerprint density at radius 1 is 1.12 bits per heavy atom. The number of benzene rings is 2. The maximum absolute atomic E-state index is 6.08. The zero-order valence-corrected chi connectivity index (χ0v) is 10.4. The molecule has 2 aromatic rings. The maximum Gasteiger partial charge on any atom is 0.122 e. The first-order valence-corrected chi connectivity index (χ1v) is 5.77. The van der Waals surface area contributed by atoms with Crippen LogP contribution in [0, 0.1) is 6.92 Å². The Bertz CT molecular complexity index is 505. The molecule has 3 heteroatoms. The largest absolute Gasteiger partial charge is 0.489 e. The van der Waals surface area contributed by atoms with Crippen LogP contribution in [0.2, 0.25) is 5.02 Å². The van der Waals surface area contributed by atoms with Gasteiger partial charge in [-0.25, -0.2) is 0 Å². The molecule has 0 aromatic heterocycles. The van der Waals surface area contributed by atoms with Crippen molar-refractivity contribution < 1.29 is 4.74 Å². The lowest BCUT2D eigenvalue weighted by Crippen LogP contribution is -2.01. The summed E-state index contributed by atoms with van der Waals surface area (Å²) in [7, 11) is 0. The van der Waals surface area contributed by atoms with Crippen LogP contribution in [0.25, 0.3) is 0 Å². The molecule has 0 aliphatic heterocycles. The first kappa shape index (κ1) is 11.8. The van der Waals surface area contributed by atoms with Crippen molar-refractivity contribution in [3.05, 3.63) is 58.6 Å². The number of halogens is 1. The highest BCUT2D eigenvalue weighted by molar-refractivity contribution is 6.31. The fraction of sp³-hybridized carbons (Fsp3) is 0.143. The second kappa shape index (κ2) is 5.11. The molecule has 0 spiro atoms. The van der Waals surface area contributed by atoms with Gasteiger partial charge >= 0.3 is 0 Å². The summed E-state index contributed by atoms with van der Waals surface area (Å²) in [6, 6.07) is 13.3. The van der Waals surface area contributed by atoms with Gasteiger partial charge in [0, 0.05) is 16.3 Å². The highest BCUT2D eigenvalue weighted by atomic mass is 35.5. The Morgan fingerprint density at radius 3 is 2.59 bits per heavy atom. The zero-order chi connectivity index (χ0) is 12.3. The Hall–Kier alpha value is -1.67. The van der Waals surface area contributed by atoms with Gasteiger partial charge < -0.3 is 10.5 Å². The van der Waals surface area contributed by atoms with Gasteiger partial charge in [-0.15, -0.1) is 0 Å². The van der Waals surface area contributed by atoms with Crippen LogP contribution in [0.5, 0.6) is 5.75 Å². The number of hydrogen-bond donors (Lipinski definition) is 1. The minimum atomic E-state index is 0.385. The third kappa shape index (κ3) is 2.71. The van der Waals surface area contributed by atoms with Gasteiger partial charge in [0.15, 0.2) is 0 Å². The van der Waals surface area contributed by atoms with E-state index in [1.54, 1.807) is 0 Å². The lowest BCUT2D eigenvalue weighted by molar-refractivity contribution is 0.305. The average molecular weight is 248 g/mol. The summed E-state index contributed by atoms with van der Waals surface area (Å²) in [6.07, 6.45) is 0. The molecule has 0 heterocycles. The third-order valence-electron chi connectivity index (χ3n) is 2.62. The lowest BCUT2D eigenvalue weighted by atomic mass is 10.2. The molecule has 17 heavy (non-hydrogen) atoms. The highest BCUT2D eigenvalue weighted by Crippen LogP contribution is 2.25. The Kier molecular flexibility index (Phi) is 3.55. The van der Waals surface area contributed by atoms with Crippen molar-refractivity contribution >= 4 is 17.3 Å². The summed E-state index contributed by atoms with van der Waals surface area (Å²) in [5, 5.41) is 0.638. The van der Waals surface area contributed by atoms with Crippen molar-refractivity contribution in [2.45, 2.75) is 13.5 Å². The molecule has 0 fully saturated rings. The van der Waals surface area contributed by atoms with E-state index in [0.717, 1.165) is 16.9 Å². The average Bonchev–Trinajstić information content (AvgIpc) is 2.30. The molecule has 0 saturated heterocycles. The Labute approximate surface area is 106 Å². The zero-order valence-electron chi connectivity index (χ0n) is 9.61. The molecule has 0 atom stereocenters. The smallest absolute Gasteiger partial charge is 0.122 e. The predicted molar refractivity (Wildman–Crippen MR) is 71.4 cm³/mol. The molecule has 2 nitrogen and oxygen atoms in total. The summed E-state index contributed by atoms with van der Waals surface area (Å²) >= 11 is 6.08. The van der Waals surface area contributed by atoms with E-state index >= 15 is 0 Å². The van der Waals surface area contributed by atoms with E-state index < -0.39 is 0 Å². The van der Waals surface area contributed by atoms with Crippen LogP contribution in [-0.2, 0) is 6.61 Å². The van der Waals surface area contributed by atoms with Crippen LogP contribution in [0.4, 0.5) is 5.69 Å². The number of hydrogen-bond acceptors (Lipinski definition) is 2. The van der Waals surface area contributed by atoms with E-state index in [1.165, 1.54) is 0 Å². The maximum atomic E-state index is 6.08. The molecule has 0 saturated carbocycles. The highest BCUT2D eigenvalue weighted by Gasteiger charge is 2.06. The molecule has 0 unspecified atom stereocenters. The van der Waals surface area contributed by atoms with Crippen LogP contribution < -0.4 is 10.5 Å². The standard InChI is InChI=1S/C14H14ClNO/c1-10-5-2-3-8-14(10)17-9-11-12(15)6-4-7-13(11)16/h2-8H,9,16H2,1H3. The number of rotatable bonds is 3. The van der Waals surface area contributed by atoms with E-state index in [4.69, 9.17) is 22.1 Å². The van der Waals surface area contributed by atoms with Crippen molar-refractivity contribution in [1.82, 2.24) is 0 Å². The topological polar surface area (TPSA) is 35.2 Å².